The zero-order valence-corrected chi connectivity index (χ0v) is 5.01. The predicted octanol–water partition coefficient (Wildman–Crippen LogP) is -0.0467. The quantitative estimate of drug-likeness (QED) is 0.277. The largest absolute Gasteiger partial charge is 0.478 e. The van der Waals surface area contributed by atoms with Crippen molar-refractivity contribution in [2.75, 3.05) is 0 Å². The Hall–Kier alpha value is -1.32. The van der Waals surface area contributed by atoms with Crippen molar-refractivity contribution in [2.45, 2.75) is 6.92 Å². The Kier molecular flexibility index (Phi) is 2.44. The third kappa shape index (κ3) is 1.94. The third-order valence-electron chi connectivity index (χ3n) is 0.809. The van der Waals surface area contributed by atoms with Crippen molar-refractivity contribution < 1.29 is 9.90 Å². The van der Waals surface area contributed by atoms with E-state index in [9.17, 15) is 4.79 Å². The van der Waals surface area contributed by atoms with E-state index in [1.54, 1.807) is 0 Å². The standard InChI is InChI=1S/C5H8N2O2/c1-2-3(4(6)7)5(8)9/h2H,1H3,(H3,6,7)(H,8,9)/b3-2+. The van der Waals surface area contributed by atoms with Crippen LogP contribution in [0, 0.1) is 5.41 Å². The third-order valence-corrected chi connectivity index (χ3v) is 0.809. The molecule has 4 nitrogen and oxygen atoms in total. The first kappa shape index (κ1) is 7.68. The Morgan fingerprint density at radius 2 is 2.22 bits per heavy atom. The van der Waals surface area contributed by atoms with Gasteiger partial charge in [0.05, 0.1) is 5.57 Å². The summed E-state index contributed by atoms with van der Waals surface area (Å²) >= 11 is 0. The molecule has 4 N–H and O–H groups in total. The Labute approximate surface area is 52.5 Å². The molecule has 0 aromatic rings. The van der Waals surface area contributed by atoms with Gasteiger partial charge in [0.15, 0.2) is 0 Å². The first-order valence-electron chi connectivity index (χ1n) is 2.33. The van der Waals surface area contributed by atoms with Crippen LogP contribution >= 0.6 is 0 Å². The molecule has 0 bridgehead atoms. The summed E-state index contributed by atoms with van der Waals surface area (Å²) in [5, 5.41) is 15.0. The Bertz CT molecular complexity index is 156. The van der Waals surface area contributed by atoms with Gasteiger partial charge < -0.3 is 10.8 Å². The number of carboxylic acid groups (broad SMARTS) is 1. The van der Waals surface area contributed by atoms with Crippen LogP contribution in [0.1, 0.15) is 6.92 Å². The van der Waals surface area contributed by atoms with Gasteiger partial charge >= 0.3 is 5.97 Å². The maximum atomic E-state index is 10.1. The number of hydrogen-bond acceptors (Lipinski definition) is 2. The first-order chi connectivity index (χ1) is 4.09. The molecule has 0 unspecified atom stereocenters. The number of allylic oxidation sites excluding steroid dienone is 1. The smallest absolute Gasteiger partial charge is 0.339 e. The number of rotatable bonds is 2. The summed E-state index contributed by atoms with van der Waals surface area (Å²) in [4.78, 5) is 10.1. The van der Waals surface area contributed by atoms with Crippen molar-refractivity contribution >= 4 is 11.8 Å². The van der Waals surface area contributed by atoms with E-state index in [4.69, 9.17) is 16.2 Å². The molecule has 0 atom stereocenters. The molecule has 0 aromatic carbocycles. The highest BCUT2D eigenvalue weighted by Gasteiger charge is 2.06. The summed E-state index contributed by atoms with van der Waals surface area (Å²) < 4.78 is 0. The molecule has 0 saturated carbocycles. The lowest BCUT2D eigenvalue weighted by Crippen LogP contribution is -2.19. The summed E-state index contributed by atoms with van der Waals surface area (Å²) in [6, 6.07) is 0. The van der Waals surface area contributed by atoms with Gasteiger partial charge in [-0.2, -0.15) is 0 Å². The topological polar surface area (TPSA) is 87.2 Å². The van der Waals surface area contributed by atoms with Gasteiger partial charge in [-0.3, -0.25) is 5.41 Å². The monoisotopic (exact) mass is 128 g/mol. The van der Waals surface area contributed by atoms with Crippen LogP contribution in [0.5, 0.6) is 0 Å². The molecule has 0 aromatic heterocycles. The van der Waals surface area contributed by atoms with E-state index in [-0.39, 0.29) is 5.57 Å². The van der Waals surface area contributed by atoms with Gasteiger partial charge in [-0.25, -0.2) is 4.79 Å². The van der Waals surface area contributed by atoms with Gasteiger partial charge in [0.25, 0.3) is 0 Å². The average Bonchev–Trinajstić information content (AvgIpc) is 1.64. The fourth-order valence-corrected chi connectivity index (χ4v) is 0.394. The van der Waals surface area contributed by atoms with Crippen LogP contribution in [0.25, 0.3) is 0 Å². The lowest BCUT2D eigenvalue weighted by atomic mass is 10.2. The molecular weight excluding hydrogens is 120 g/mol. The summed E-state index contributed by atoms with van der Waals surface area (Å²) in [5.41, 5.74) is 4.72. The van der Waals surface area contributed by atoms with E-state index >= 15 is 0 Å². The van der Waals surface area contributed by atoms with Crippen molar-refractivity contribution in [3.63, 3.8) is 0 Å². The second-order valence-corrected chi connectivity index (χ2v) is 1.42. The van der Waals surface area contributed by atoms with Gasteiger partial charge in [0.2, 0.25) is 0 Å². The minimum absolute atomic E-state index is 0.157. The number of carbonyl (C=O) groups is 1. The zero-order valence-electron chi connectivity index (χ0n) is 5.01. The maximum absolute atomic E-state index is 10.1. The van der Waals surface area contributed by atoms with E-state index in [0.717, 1.165) is 0 Å². The fraction of sp³-hybridized carbons (Fsp3) is 0.200. The number of carboxylic acids is 1. The van der Waals surface area contributed by atoms with Gasteiger partial charge in [-0.1, -0.05) is 6.08 Å². The van der Waals surface area contributed by atoms with Crippen molar-refractivity contribution in [1.29, 1.82) is 5.41 Å². The highest BCUT2D eigenvalue weighted by atomic mass is 16.4. The van der Waals surface area contributed by atoms with Crippen LogP contribution in [0.15, 0.2) is 11.6 Å². The normalized spacial score (nSPS) is 11.0. The number of nitrogens with two attached hydrogens (primary N) is 1. The summed E-state index contributed by atoms with van der Waals surface area (Å²) in [7, 11) is 0. The Morgan fingerprint density at radius 1 is 1.78 bits per heavy atom. The molecule has 0 rings (SSSR count). The Morgan fingerprint density at radius 3 is 2.22 bits per heavy atom. The molecule has 0 radical (unpaired) electrons. The van der Waals surface area contributed by atoms with Crippen LogP contribution < -0.4 is 5.73 Å². The molecular formula is C5H8N2O2. The molecule has 0 saturated heterocycles. The van der Waals surface area contributed by atoms with Gasteiger partial charge in [0.1, 0.15) is 5.84 Å². The molecule has 0 aliphatic carbocycles. The Balaban J connectivity index is 4.38. The number of amidine groups is 1. The first-order valence-corrected chi connectivity index (χ1v) is 2.33. The average molecular weight is 128 g/mol. The second-order valence-electron chi connectivity index (χ2n) is 1.42. The predicted molar refractivity (Wildman–Crippen MR) is 33.3 cm³/mol. The van der Waals surface area contributed by atoms with Crippen molar-refractivity contribution in [3.8, 4) is 0 Å². The van der Waals surface area contributed by atoms with E-state index < -0.39 is 11.8 Å². The lowest BCUT2D eigenvalue weighted by Gasteiger charge is -1.94. The highest BCUT2D eigenvalue weighted by Crippen LogP contribution is 1.90. The SMILES string of the molecule is C/C=C(\C(=N)N)C(=O)O. The molecule has 0 spiro atoms. The van der Waals surface area contributed by atoms with Crippen molar-refractivity contribution in [3.05, 3.63) is 11.6 Å². The van der Waals surface area contributed by atoms with Crippen LogP contribution in [-0.4, -0.2) is 16.9 Å². The van der Waals surface area contributed by atoms with E-state index in [1.807, 2.05) is 0 Å². The van der Waals surface area contributed by atoms with Crippen LogP contribution in [0.3, 0.4) is 0 Å². The number of hydrogen-bond donors (Lipinski definition) is 3. The maximum Gasteiger partial charge on any atom is 0.339 e. The van der Waals surface area contributed by atoms with E-state index in [0.29, 0.717) is 0 Å². The zero-order chi connectivity index (χ0) is 7.44. The van der Waals surface area contributed by atoms with E-state index in [2.05, 4.69) is 0 Å². The molecule has 9 heavy (non-hydrogen) atoms. The molecule has 50 valence electrons. The summed E-state index contributed by atoms with van der Waals surface area (Å²) in [6.45, 7) is 1.52. The fourth-order valence-electron chi connectivity index (χ4n) is 0.394. The van der Waals surface area contributed by atoms with Crippen LogP contribution in [-0.2, 0) is 4.79 Å². The number of aliphatic carboxylic acids is 1. The minimum atomic E-state index is -1.16. The van der Waals surface area contributed by atoms with Gasteiger partial charge in [-0.15, -0.1) is 0 Å². The number of nitrogens with one attached hydrogen (secondary N) is 1. The van der Waals surface area contributed by atoms with E-state index in [1.165, 1.54) is 13.0 Å². The molecule has 0 amide bonds. The summed E-state index contributed by atoms with van der Waals surface area (Å²) in [5.74, 6) is -1.57. The molecule has 0 aliphatic heterocycles. The molecule has 0 aliphatic rings. The molecule has 0 fully saturated rings. The molecule has 0 heterocycles. The van der Waals surface area contributed by atoms with Crippen LogP contribution in [0.2, 0.25) is 0 Å². The van der Waals surface area contributed by atoms with Gasteiger partial charge in [-0.05, 0) is 6.92 Å². The van der Waals surface area contributed by atoms with Crippen molar-refractivity contribution in [1.82, 2.24) is 0 Å². The van der Waals surface area contributed by atoms with Crippen molar-refractivity contribution in [2.24, 2.45) is 5.73 Å². The van der Waals surface area contributed by atoms with Gasteiger partial charge in [0, 0.05) is 0 Å². The molecule has 4 heteroatoms. The second kappa shape index (κ2) is 2.86. The summed E-state index contributed by atoms with van der Waals surface area (Å²) in [6.07, 6.45) is 1.28. The minimum Gasteiger partial charge on any atom is -0.478 e. The van der Waals surface area contributed by atoms with Crippen LogP contribution in [0.4, 0.5) is 0 Å². The lowest BCUT2D eigenvalue weighted by molar-refractivity contribution is -0.132. The highest BCUT2D eigenvalue weighted by molar-refractivity contribution is 6.16.